The van der Waals surface area contributed by atoms with Crippen LogP contribution in [0.2, 0.25) is 0 Å². The normalized spacial score (nSPS) is 16.8. The van der Waals surface area contributed by atoms with Crippen LogP contribution in [0.15, 0.2) is 36.4 Å². The van der Waals surface area contributed by atoms with Gasteiger partial charge in [-0.25, -0.2) is 4.39 Å². The number of hydrogen-bond donors (Lipinski definition) is 0. The summed E-state index contributed by atoms with van der Waals surface area (Å²) in [5.41, 5.74) is 1.15. The average Bonchev–Trinajstić information content (AvgIpc) is 2.78. The summed E-state index contributed by atoms with van der Waals surface area (Å²) in [4.78, 5) is 17.2. The van der Waals surface area contributed by atoms with Crippen molar-refractivity contribution in [2.45, 2.75) is 25.4 Å². The third-order valence-corrected chi connectivity index (χ3v) is 5.61. The Bertz CT molecular complexity index is 864. The monoisotopic (exact) mass is 416 g/mol. The Kier molecular flexibility index (Phi) is 7.15. The van der Waals surface area contributed by atoms with Crippen molar-refractivity contribution >= 4 is 5.91 Å². The topological polar surface area (TPSA) is 51.2 Å². The van der Waals surface area contributed by atoms with Gasteiger partial charge in [0.25, 0.3) is 5.91 Å². The highest BCUT2D eigenvalue weighted by molar-refractivity contribution is 5.95. The SMILES string of the molecule is COc1cc(C(=O)N(C)[C@H]2CCCN(Cc3ccccc3F)C2)cc(OC)c1OC. The van der Waals surface area contributed by atoms with Crippen molar-refractivity contribution in [1.82, 2.24) is 9.80 Å². The first kappa shape index (κ1) is 21.9. The Labute approximate surface area is 177 Å². The number of carbonyl (C=O) groups excluding carboxylic acids is 1. The van der Waals surface area contributed by atoms with Crippen LogP contribution in [0.3, 0.4) is 0 Å². The molecule has 1 aliphatic heterocycles. The molecule has 0 N–H and O–H groups in total. The summed E-state index contributed by atoms with van der Waals surface area (Å²) in [6.45, 7) is 2.12. The van der Waals surface area contributed by atoms with E-state index in [2.05, 4.69) is 4.90 Å². The molecule has 1 heterocycles. The molecule has 162 valence electrons. The van der Waals surface area contributed by atoms with Gasteiger partial charge in [0.05, 0.1) is 21.3 Å². The molecule has 3 rings (SSSR count). The number of halogens is 1. The number of amides is 1. The Balaban J connectivity index is 1.75. The van der Waals surface area contributed by atoms with E-state index in [0.717, 1.165) is 19.4 Å². The van der Waals surface area contributed by atoms with Crippen LogP contribution < -0.4 is 14.2 Å². The molecule has 0 bridgehead atoms. The summed E-state index contributed by atoms with van der Waals surface area (Å²) < 4.78 is 30.1. The Morgan fingerprint density at radius 3 is 2.40 bits per heavy atom. The van der Waals surface area contributed by atoms with Crippen molar-refractivity contribution in [2.75, 3.05) is 41.5 Å². The second-order valence-electron chi connectivity index (χ2n) is 7.45. The van der Waals surface area contributed by atoms with Crippen LogP contribution in [0.5, 0.6) is 17.2 Å². The molecule has 1 saturated heterocycles. The quantitative estimate of drug-likeness (QED) is 0.691. The predicted octanol–water partition coefficient (Wildman–Crippen LogP) is 3.59. The molecule has 0 radical (unpaired) electrons. The maximum absolute atomic E-state index is 14.0. The van der Waals surface area contributed by atoms with Crippen LogP contribution >= 0.6 is 0 Å². The molecule has 7 heteroatoms. The van der Waals surface area contributed by atoms with Gasteiger partial charge in [-0.2, -0.15) is 0 Å². The van der Waals surface area contributed by atoms with E-state index in [0.29, 0.717) is 41.5 Å². The van der Waals surface area contributed by atoms with Gasteiger partial charge in [0.15, 0.2) is 11.5 Å². The summed E-state index contributed by atoms with van der Waals surface area (Å²) in [6.07, 6.45) is 1.85. The number of benzene rings is 2. The molecule has 1 amide bonds. The molecule has 0 saturated carbocycles. The lowest BCUT2D eigenvalue weighted by molar-refractivity contribution is 0.0607. The van der Waals surface area contributed by atoms with Crippen molar-refractivity contribution in [3.8, 4) is 17.2 Å². The summed E-state index contributed by atoms with van der Waals surface area (Å²) in [5, 5.41) is 0. The van der Waals surface area contributed by atoms with Crippen LogP contribution in [-0.4, -0.2) is 63.2 Å². The lowest BCUT2D eigenvalue weighted by atomic mass is 10.0. The minimum Gasteiger partial charge on any atom is -0.493 e. The standard InChI is InChI=1S/C23H29FN2O4/c1-25(23(27)17-12-20(28-2)22(30-4)21(13-17)29-3)18-9-7-11-26(15-18)14-16-8-5-6-10-19(16)24/h5-6,8,10,12-13,18H,7,9,11,14-15H2,1-4H3/t18-/m0/s1. The molecule has 30 heavy (non-hydrogen) atoms. The molecule has 2 aromatic carbocycles. The number of rotatable bonds is 7. The fourth-order valence-electron chi connectivity index (χ4n) is 3.93. The molecule has 1 fully saturated rings. The van der Waals surface area contributed by atoms with Gasteiger partial charge in [0.2, 0.25) is 5.75 Å². The maximum Gasteiger partial charge on any atom is 0.254 e. The van der Waals surface area contributed by atoms with E-state index < -0.39 is 0 Å². The van der Waals surface area contributed by atoms with E-state index in [1.165, 1.54) is 27.4 Å². The first-order valence-corrected chi connectivity index (χ1v) is 10.0. The molecule has 1 aliphatic rings. The Morgan fingerprint density at radius 1 is 1.13 bits per heavy atom. The third kappa shape index (κ3) is 4.67. The maximum atomic E-state index is 14.0. The van der Waals surface area contributed by atoms with Gasteiger partial charge in [-0.05, 0) is 37.6 Å². The highest BCUT2D eigenvalue weighted by Crippen LogP contribution is 2.38. The zero-order valence-electron chi connectivity index (χ0n) is 18.0. The average molecular weight is 416 g/mol. The lowest BCUT2D eigenvalue weighted by Crippen LogP contribution is -2.48. The zero-order chi connectivity index (χ0) is 21.7. The van der Waals surface area contributed by atoms with Gasteiger partial charge in [-0.1, -0.05) is 18.2 Å². The first-order valence-electron chi connectivity index (χ1n) is 10.0. The van der Waals surface area contributed by atoms with Crippen molar-refractivity contribution < 1.29 is 23.4 Å². The minimum atomic E-state index is -0.193. The molecule has 0 aliphatic carbocycles. The largest absolute Gasteiger partial charge is 0.493 e. The number of piperidine rings is 1. The van der Waals surface area contributed by atoms with Gasteiger partial charge in [0, 0.05) is 37.3 Å². The predicted molar refractivity (Wildman–Crippen MR) is 113 cm³/mol. The van der Waals surface area contributed by atoms with Gasteiger partial charge >= 0.3 is 0 Å². The second kappa shape index (κ2) is 9.80. The molecule has 0 unspecified atom stereocenters. The van der Waals surface area contributed by atoms with Gasteiger partial charge in [-0.3, -0.25) is 9.69 Å². The van der Waals surface area contributed by atoms with Crippen LogP contribution in [0, 0.1) is 5.82 Å². The van der Waals surface area contributed by atoms with Gasteiger partial charge in [-0.15, -0.1) is 0 Å². The van der Waals surface area contributed by atoms with E-state index in [4.69, 9.17) is 14.2 Å². The van der Waals surface area contributed by atoms with Crippen LogP contribution in [0.25, 0.3) is 0 Å². The highest BCUT2D eigenvalue weighted by atomic mass is 19.1. The fourth-order valence-corrected chi connectivity index (χ4v) is 3.93. The van der Waals surface area contributed by atoms with E-state index in [1.54, 1.807) is 23.1 Å². The Hall–Kier alpha value is -2.80. The van der Waals surface area contributed by atoms with Crippen molar-refractivity contribution in [2.24, 2.45) is 0 Å². The van der Waals surface area contributed by atoms with Crippen molar-refractivity contribution in [1.29, 1.82) is 0 Å². The number of likely N-dealkylation sites (N-methyl/N-ethyl adjacent to an activating group) is 1. The molecule has 6 nitrogen and oxygen atoms in total. The van der Waals surface area contributed by atoms with Gasteiger partial charge < -0.3 is 19.1 Å². The van der Waals surface area contributed by atoms with E-state index in [-0.39, 0.29) is 17.8 Å². The van der Waals surface area contributed by atoms with Gasteiger partial charge in [0.1, 0.15) is 5.82 Å². The number of carbonyl (C=O) groups is 1. The molecule has 1 atom stereocenters. The summed E-state index contributed by atoms with van der Waals surface area (Å²) in [5.74, 6) is 1.03. The first-order chi connectivity index (χ1) is 14.5. The summed E-state index contributed by atoms with van der Waals surface area (Å²) >= 11 is 0. The van der Waals surface area contributed by atoms with E-state index >= 15 is 0 Å². The number of ether oxygens (including phenoxy) is 3. The molecule has 2 aromatic rings. The van der Waals surface area contributed by atoms with Crippen LogP contribution in [0.4, 0.5) is 4.39 Å². The second-order valence-corrected chi connectivity index (χ2v) is 7.45. The number of nitrogens with zero attached hydrogens (tertiary/aromatic N) is 2. The van der Waals surface area contributed by atoms with Crippen LogP contribution in [0.1, 0.15) is 28.8 Å². The van der Waals surface area contributed by atoms with E-state index in [1.807, 2.05) is 19.2 Å². The number of hydrogen-bond acceptors (Lipinski definition) is 5. The zero-order valence-corrected chi connectivity index (χ0v) is 18.0. The van der Waals surface area contributed by atoms with E-state index in [9.17, 15) is 9.18 Å². The van der Waals surface area contributed by atoms with Crippen molar-refractivity contribution in [3.63, 3.8) is 0 Å². The number of methoxy groups -OCH3 is 3. The summed E-state index contributed by atoms with van der Waals surface area (Å²) in [7, 11) is 6.39. The molecular weight excluding hydrogens is 387 g/mol. The number of likely N-dealkylation sites (tertiary alicyclic amines) is 1. The minimum absolute atomic E-state index is 0.0390. The fraction of sp³-hybridized carbons (Fsp3) is 0.435. The highest BCUT2D eigenvalue weighted by Gasteiger charge is 2.28. The summed E-state index contributed by atoms with van der Waals surface area (Å²) in [6, 6.07) is 10.2. The third-order valence-electron chi connectivity index (χ3n) is 5.61. The Morgan fingerprint density at radius 2 is 1.80 bits per heavy atom. The van der Waals surface area contributed by atoms with Crippen molar-refractivity contribution in [3.05, 3.63) is 53.3 Å². The van der Waals surface area contributed by atoms with Crippen LogP contribution in [-0.2, 0) is 6.54 Å². The molecular formula is C23H29FN2O4. The smallest absolute Gasteiger partial charge is 0.254 e. The molecule has 0 aromatic heterocycles. The lowest BCUT2D eigenvalue weighted by Gasteiger charge is -2.37. The molecule has 0 spiro atoms.